The first-order chi connectivity index (χ1) is 13.7. The third-order valence-corrected chi connectivity index (χ3v) is 6.96. The van der Waals surface area contributed by atoms with E-state index in [1.807, 2.05) is 70.2 Å². The number of aryl methyl sites for hydroxylation is 1. The Bertz CT molecular complexity index is 1230. The number of carbonyl (C=O) groups is 1. The molecule has 28 heavy (non-hydrogen) atoms. The Morgan fingerprint density at radius 3 is 2.68 bits per heavy atom. The molecule has 1 aromatic carbocycles. The number of carbonyl (C=O) groups excluding carboxylic acids is 1. The van der Waals surface area contributed by atoms with Gasteiger partial charge in [0, 0.05) is 40.0 Å². The third-order valence-electron chi connectivity index (χ3n) is 4.30. The predicted molar refractivity (Wildman–Crippen MR) is 117 cm³/mol. The van der Waals surface area contributed by atoms with Crippen LogP contribution in [-0.4, -0.2) is 20.3 Å². The van der Waals surface area contributed by atoms with Gasteiger partial charge in [-0.25, -0.2) is 9.97 Å². The van der Waals surface area contributed by atoms with Gasteiger partial charge in [-0.2, -0.15) is 11.3 Å². The van der Waals surface area contributed by atoms with Crippen LogP contribution in [-0.2, 0) is 0 Å². The lowest BCUT2D eigenvalue weighted by molar-refractivity contribution is 0.103. The first-order valence-corrected chi connectivity index (χ1v) is 11.2. The first kappa shape index (κ1) is 17.3. The Morgan fingerprint density at radius 2 is 1.93 bits per heavy atom. The average Bonchev–Trinajstić information content (AvgIpc) is 3.45. The number of anilines is 1. The molecule has 0 saturated heterocycles. The molecule has 0 spiro atoms. The summed E-state index contributed by atoms with van der Waals surface area (Å²) in [7, 11) is 0. The van der Waals surface area contributed by atoms with Crippen molar-refractivity contribution in [1.29, 1.82) is 0 Å². The lowest BCUT2D eigenvalue weighted by Crippen LogP contribution is -2.11. The topological polar surface area (TPSA) is 59.3 Å². The summed E-state index contributed by atoms with van der Waals surface area (Å²) < 4.78 is 2.01. The van der Waals surface area contributed by atoms with Crippen molar-refractivity contribution in [1.82, 2.24) is 14.4 Å². The Kier molecular flexibility index (Phi) is 4.31. The molecule has 8 heteroatoms. The van der Waals surface area contributed by atoms with Crippen molar-refractivity contribution in [3.8, 4) is 21.8 Å². The van der Waals surface area contributed by atoms with E-state index in [-0.39, 0.29) is 5.91 Å². The number of benzene rings is 1. The van der Waals surface area contributed by atoms with Crippen LogP contribution < -0.4 is 5.32 Å². The molecule has 0 aliphatic carbocycles. The van der Waals surface area contributed by atoms with E-state index >= 15 is 0 Å². The van der Waals surface area contributed by atoms with Crippen molar-refractivity contribution in [2.75, 3.05) is 5.32 Å². The SMILES string of the molecule is Cc1nc(-c2ccsc2)sc1C(=O)Nc1ccc(-c2cn3ccsc3n2)cc1. The number of hydrogen-bond acceptors (Lipinski definition) is 6. The molecular formula is C20H14N4OS3. The van der Waals surface area contributed by atoms with E-state index in [1.165, 1.54) is 11.3 Å². The zero-order valence-corrected chi connectivity index (χ0v) is 17.2. The van der Waals surface area contributed by atoms with Crippen molar-refractivity contribution in [3.05, 3.63) is 69.4 Å². The van der Waals surface area contributed by atoms with Gasteiger partial charge in [-0.05, 0) is 30.5 Å². The zero-order valence-electron chi connectivity index (χ0n) is 14.7. The minimum atomic E-state index is -0.133. The summed E-state index contributed by atoms with van der Waals surface area (Å²) in [5.41, 5.74) is 4.49. The van der Waals surface area contributed by atoms with Crippen molar-refractivity contribution in [2.24, 2.45) is 0 Å². The minimum Gasteiger partial charge on any atom is -0.321 e. The van der Waals surface area contributed by atoms with E-state index in [4.69, 9.17) is 0 Å². The van der Waals surface area contributed by atoms with Crippen molar-refractivity contribution in [3.63, 3.8) is 0 Å². The highest BCUT2D eigenvalue weighted by Crippen LogP contribution is 2.30. The average molecular weight is 423 g/mol. The lowest BCUT2D eigenvalue weighted by atomic mass is 10.1. The molecule has 0 aliphatic heterocycles. The zero-order chi connectivity index (χ0) is 19.1. The van der Waals surface area contributed by atoms with Gasteiger partial charge < -0.3 is 5.32 Å². The number of aromatic nitrogens is 3. The number of fused-ring (bicyclic) bond motifs is 1. The molecule has 0 radical (unpaired) electrons. The molecule has 0 saturated carbocycles. The number of hydrogen-bond donors (Lipinski definition) is 1. The van der Waals surface area contributed by atoms with E-state index < -0.39 is 0 Å². The van der Waals surface area contributed by atoms with Crippen molar-refractivity contribution in [2.45, 2.75) is 6.92 Å². The molecule has 4 heterocycles. The van der Waals surface area contributed by atoms with Gasteiger partial charge in [0.05, 0.1) is 11.4 Å². The van der Waals surface area contributed by atoms with Crippen LogP contribution in [0.25, 0.3) is 26.8 Å². The fraction of sp³-hybridized carbons (Fsp3) is 0.0500. The molecule has 0 aliphatic rings. The van der Waals surface area contributed by atoms with E-state index in [0.717, 1.165) is 38.2 Å². The van der Waals surface area contributed by atoms with Crippen molar-refractivity contribution < 1.29 is 4.79 Å². The number of imidazole rings is 1. The van der Waals surface area contributed by atoms with Gasteiger partial charge in [-0.1, -0.05) is 12.1 Å². The molecule has 1 amide bonds. The maximum atomic E-state index is 12.7. The van der Waals surface area contributed by atoms with Gasteiger partial charge in [-0.3, -0.25) is 9.20 Å². The van der Waals surface area contributed by atoms with Gasteiger partial charge in [0.1, 0.15) is 9.88 Å². The van der Waals surface area contributed by atoms with E-state index in [1.54, 1.807) is 22.7 Å². The lowest BCUT2D eigenvalue weighted by Gasteiger charge is -2.05. The predicted octanol–water partition coefficient (Wildman–Crippen LogP) is 5.81. The normalized spacial score (nSPS) is 11.2. The van der Waals surface area contributed by atoms with Crippen LogP contribution in [0.2, 0.25) is 0 Å². The molecule has 1 N–H and O–H groups in total. The standard InChI is InChI=1S/C20H14N4OS3/c1-12-17(28-19(21-12)14-6-8-26-11-14)18(25)22-15-4-2-13(3-5-15)16-10-24-7-9-27-20(24)23-16/h2-11H,1H3,(H,22,25). The van der Waals surface area contributed by atoms with Gasteiger partial charge in [0.2, 0.25) is 0 Å². The fourth-order valence-corrected chi connectivity index (χ4v) is 5.27. The van der Waals surface area contributed by atoms with E-state index in [2.05, 4.69) is 15.3 Å². The second kappa shape index (κ2) is 6.97. The summed E-state index contributed by atoms with van der Waals surface area (Å²) in [5, 5.41) is 9.90. The van der Waals surface area contributed by atoms with Gasteiger partial charge in [0.15, 0.2) is 4.96 Å². The first-order valence-electron chi connectivity index (χ1n) is 8.51. The van der Waals surface area contributed by atoms with Crippen molar-refractivity contribution >= 4 is 50.6 Å². The number of nitrogens with zero attached hydrogens (tertiary/aromatic N) is 3. The Morgan fingerprint density at radius 1 is 1.07 bits per heavy atom. The summed E-state index contributed by atoms with van der Waals surface area (Å²) in [4.78, 5) is 23.5. The second-order valence-corrected chi connectivity index (χ2v) is 8.85. The molecule has 0 bridgehead atoms. The Balaban J connectivity index is 1.35. The smallest absolute Gasteiger partial charge is 0.267 e. The summed E-state index contributed by atoms with van der Waals surface area (Å²) >= 11 is 4.65. The van der Waals surface area contributed by atoms with Gasteiger partial charge in [0.25, 0.3) is 5.91 Å². The maximum absolute atomic E-state index is 12.7. The van der Waals surface area contributed by atoms with Gasteiger partial charge in [-0.15, -0.1) is 22.7 Å². The van der Waals surface area contributed by atoms with E-state index in [0.29, 0.717) is 4.88 Å². The van der Waals surface area contributed by atoms with Crippen LogP contribution in [0.4, 0.5) is 5.69 Å². The molecule has 0 atom stereocenters. The minimum absolute atomic E-state index is 0.133. The molecule has 5 rings (SSSR count). The van der Waals surface area contributed by atoms with Crippen LogP contribution in [0, 0.1) is 6.92 Å². The molecule has 138 valence electrons. The maximum Gasteiger partial charge on any atom is 0.267 e. The quantitative estimate of drug-likeness (QED) is 0.398. The Labute approximate surface area is 173 Å². The summed E-state index contributed by atoms with van der Waals surface area (Å²) in [6, 6.07) is 9.76. The second-order valence-electron chi connectivity index (χ2n) is 6.20. The van der Waals surface area contributed by atoms with Crippen LogP contribution >= 0.6 is 34.0 Å². The third kappa shape index (κ3) is 3.15. The largest absolute Gasteiger partial charge is 0.321 e. The molecule has 5 nitrogen and oxygen atoms in total. The highest BCUT2D eigenvalue weighted by atomic mass is 32.1. The highest BCUT2D eigenvalue weighted by molar-refractivity contribution is 7.17. The monoisotopic (exact) mass is 422 g/mol. The molecule has 4 aromatic heterocycles. The number of rotatable bonds is 4. The fourth-order valence-electron chi connectivity index (χ4n) is 2.90. The molecule has 0 fully saturated rings. The molecule has 0 unspecified atom stereocenters. The Hall–Kier alpha value is -2.81. The summed E-state index contributed by atoms with van der Waals surface area (Å²) in [5.74, 6) is -0.133. The van der Waals surface area contributed by atoms with E-state index in [9.17, 15) is 4.79 Å². The number of amides is 1. The van der Waals surface area contributed by atoms with Gasteiger partial charge >= 0.3 is 0 Å². The highest BCUT2D eigenvalue weighted by Gasteiger charge is 2.17. The number of nitrogens with one attached hydrogen (secondary N) is 1. The molecule has 5 aromatic rings. The number of thiazole rings is 2. The van der Waals surface area contributed by atoms with Crippen LogP contribution in [0.1, 0.15) is 15.4 Å². The van der Waals surface area contributed by atoms with Crippen LogP contribution in [0.3, 0.4) is 0 Å². The number of thiophene rings is 1. The van der Waals surface area contributed by atoms with Crippen LogP contribution in [0.5, 0.6) is 0 Å². The van der Waals surface area contributed by atoms with Crippen LogP contribution in [0.15, 0.2) is 58.9 Å². The summed E-state index contributed by atoms with van der Waals surface area (Å²) in [6.45, 7) is 1.87. The molecular weight excluding hydrogens is 408 g/mol. The summed E-state index contributed by atoms with van der Waals surface area (Å²) in [6.07, 6.45) is 4.00.